The monoisotopic (exact) mass is 115 g/mol. The van der Waals surface area contributed by atoms with Crippen molar-refractivity contribution in [2.45, 2.75) is 26.8 Å². The molecule has 0 aromatic heterocycles. The SMILES string of the molecule is CC(C)C(=O)[C@H](C)N. The van der Waals surface area contributed by atoms with Crippen molar-refractivity contribution in [3.05, 3.63) is 0 Å². The number of carbonyl (C=O) groups is 1. The lowest BCUT2D eigenvalue weighted by molar-refractivity contribution is -0.122. The van der Waals surface area contributed by atoms with Gasteiger partial charge in [0.05, 0.1) is 6.04 Å². The summed E-state index contributed by atoms with van der Waals surface area (Å²) >= 11 is 0. The molecule has 0 aliphatic carbocycles. The van der Waals surface area contributed by atoms with Crippen LogP contribution in [0.1, 0.15) is 20.8 Å². The zero-order valence-electron chi connectivity index (χ0n) is 5.64. The second kappa shape index (κ2) is 2.82. The molecule has 0 aromatic rings. The Hall–Kier alpha value is -0.370. The van der Waals surface area contributed by atoms with Gasteiger partial charge < -0.3 is 5.73 Å². The third-order valence-corrected chi connectivity index (χ3v) is 1.02. The van der Waals surface area contributed by atoms with Crippen molar-refractivity contribution >= 4 is 5.78 Å². The van der Waals surface area contributed by atoms with Crippen LogP contribution in [0.25, 0.3) is 0 Å². The normalized spacial score (nSPS) is 14.1. The Bertz CT molecular complexity index is 76.5. The van der Waals surface area contributed by atoms with Gasteiger partial charge in [0, 0.05) is 5.92 Å². The van der Waals surface area contributed by atoms with Gasteiger partial charge in [-0.15, -0.1) is 0 Å². The maximum absolute atomic E-state index is 10.7. The van der Waals surface area contributed by atoms with E-state index in [9.17, 15) is 4.79 Å². The van der Waals surface area contributed by atoms with Crippen molar-refractivity contribution in [2.75, 3.05) is 0 Å². The predicted molar refractivity (Wildman–Crippen MR) is 33.5 cm³/mol. The Balaban J connectivity index is 3.65. The lowest BCUT2D eigenvalue weighted by Gasteiger charge is -2.05. The Morgan fingerprint density at radius 1 is 1.38 bits per heavy atom. The largest absolute Gasteiger partial charge is 0.322 e. The van der Waals surface area contributed by atoms with E-state index in [-0.39, 0.29) is 17.7 Å². The van der Waals surface area contributed by atoms with Gasteiger partial charge in [0.15, 0.2) is 5.78 Å². The average molecular weight is 115 g/mol. The van der Waals surface area contributed by atoms with Gasteiger partial charge in [-0.3, -0.25) is 4.79 Å². The number of hydrogen-bond donors (Lipinski definition) is 1. The van der Waals surface area contributed by atoms with Gasteiger partial charge in [0.2, 0.25) is 0 Å². The number of Topliss-reactive ketones (excluding diaryl/α,β-unsaturated/α-hetero) is 1. The standard InChI is InChI=1S/C6H13NO/c1-4(2)6(8)5(3)7/h4-5H,7H2,1-3H3/t5-/m0/s1. The number of hydrogen-bond acceptors (Lipinski definition) is 2. The van der Waals surface area contributed by atoms with E-state index < -0.39 is 0 Å². The highest BCUT2D eigenvalue weighted by molar-refractivity contribution is 5.84. The fourth-order valence-electron chi connectivity index (χ4n) is 0.526. The molecule has 0 fully saturated rings. The molecular formula is C6H13NO. The van der Waals surface area contributed by atoms with E-state index in [0.29, 0.717) is 0 Å². The minimum absolute atomic E-state index is 0.0787. The first-order valence-corrected chi connectivity index (χ1v) is 2.85. The van der Waals surface area contributed by atoms with E-state index in [0.717, 1.165) is 0 Å². The van der Waals surface area contributed by atoms with Crippen LogP contribution in [-0.2, 0) is 4.79 Å². The van der Waals surface area contributed by atoms with Crippen LogP contribution in [0.2, 0.25) is 0 Å². The van der Waals surface area contributed by atoms with Gasteiger partial charge in [-0.1, -0.05) is 13.8 Å². The Morgan fingerprint density at radius 2 is 1.75 bits per heavy atom. The number of nitrogens with two attached hydrogens (primary N) is 1. The molecule has 48 valence electrons. The quantitative estimate of drug-likeness (QED) is 0.571. The summed E-state index contributed by atoms with van der Waals surface area (Å²) in [6.45, 7) is 5.42. The highest BCUT2D eigenvalue weighted by atomic mass is 16.1. The van der Waals surface area contributed by atoms with Crippen LogP contribution in [0.15, 0.2) is 0 Å². The molecule has 0 aromatic carbocycles. The van der Waals surface area contributed by atoms with Gasteiger partial charge in [-0.2, -0.15) is 0 Å². The highest BCUT2D eigenvalue weighted by Gasteiger charge is 2.10. The van der Waals surface area contributed by atoms with E-state index in [1.54, 1.807) is 6.92 Å². The van der Waals surface area contributed by atoms with Gasteiger partial charge >= 0.3 is 0 Å². The van der Waals surface area contributed by atoms with E-state index in [1.165, 1.54) is 0 Å². The molecule has 0 saturated heterocycles. The Labute approximate surface area is 50.1 Å². The fourth-order valence-corrected chi connectivity index (χ4v) is 0.526. The van der Waals surface area contributed by atoms with E-state index in [1.807, 2.05) is 13.8 Å². The van der Waals surface area contributed by atoms with Crippen LogP contribution < -0.4 is 5.73 Å². The van der Waals surface area contributed by atoms with Crippen LogP contribution in [0.4, 0.5) is 0 Å². The summed E-state index contributed by atoms with van der Waals surface area (Å²) in [5.74, 6) is 0.208. The average Bonchev–Trinajstić information content (AvgIpc) is 1.64. The first-order valence-electron chi connectivity index (χ1n) is 2.85. The fraction of sp³-hybridized carbons (Fsp3) is 0.833. The molecular weight excluding hydrogens is 102 g/mol. The Kier molecular flexibility index (Phi) is 2.69. The minimum Gasteiger partial charge on any atom is -0.322 e. The molecule has 0 spiro atoms. The summed E-state index contributed by atoms with van der Waals surface area (Å²) in [5.41, 5.74) is 5.29. The van der Waals surface area contributed by atoms with Crippen molar-refractivity contribution < 1.29 is 4.79 Å². The highest BCUT2D eigenvalue weighted by Crippen LogP contribution is 1.95. The lowest BCUT2D eigenvalue weighted by Crippen LogP contribution is -2.30. The molecule has 0 bridgehead atoms. The molecule has 0 aliphatic heterocycles. The van der Waals surface area contributed by atoms with Crippen molar-refractivity contribution in [2.24, 2.45) is 11.7 Å². The van der Waals surface area contributed by atoms with Crippen molar-refractivity contribution in [3.8, 4) is 0 Å². The van der Waals surface area contributed by atoms with Crippen molar-refractivity contribution in [1.82, 2.24) is 0 Å². The molecule has 2 nitrogen and oxygen atoms in total. The first kappa shape index (κ1) is 7.63. The maximum Gasteiger partial charge on any atom is 0.151 e. The Morgan fingerprint density at radius 3 is 1.75 bits per heavy atom. The predicted octanol–water partition coefficient (Wildman–Crippen LogP) is 0.559. The van der Waals surface area contributed by atoms with E-state index in [4.69, 9.17) is 5.73 Å². The molecule has 0 heterocycles. The van der Waals surface area contributed by atoms with Crippen molar-refractivity contribution in [3.63, 3.8) is 0 Å². The number of carbonyl (C=O) groups excluding carboxylic acids is 1. The molecule has 0 saturated carbocycles. The number of rotatable bonds is 2. The third kappa shape index (κ3) is 2.07. The molecule has 2 N–H and O–H groups in total. The second-order valence-corrected chi connectivity index (χ2v) is 2.35. The van der Waals surface area contributed by atoms with Gasteiger partial charge in [0.25, 0.3) is 0 Å². The van der Waals surface area contributed by atoms with Gasteiger partial charge in [-0.25, -0.2) is 0 Å². The maximum atomic E-state index is 10.7. The summed E-state index contributed by atoms with van der Waals surface area (Å²) in [6.07, 6.45) is 0. The zero-order valence-corrected chi connectivity index (χ0v) is 5.64. The molecule has 1 atom stereocenters. The summed E-state index contributed by atoms with van der Waals surface area (Å²) in [5, 5.41) is 0. The molecule has 0 aliphatic rings. The summed E-state index contributed by atoms with van der Waals surface area (Å²) in [4.78, 5) is 10.7. The summed E-state index contributed by atoms with van der Waals surface area (Å²) in [6, 6.07) is -0.296. The molecule has 0 unspecified atom stereocenters. The summed E-state index contributed by atoms with van der Waals surface area (Å²) in [7, 11) is 0. The second-order valence-electron chi connectivity index (χ2n) is 2.35. The van der Waals surface area contributed by atoms with Crippen molar-refractivity contribution in [1.29, 1.82) is 0 Å². The molecule has 8 heavy (non-hydrogen) atoms. The molecule has 0 amide bonds. The molecule has 0 radical (unpaired) electrons. The smallest absolute Gasteiger partial charge is 0.151 e. The molecule has 0 rings (SSSR count). The number of ketones is 1. The minimum atomic E-state index is -0.296. The van der Waals surface area contributed by atoms with Crippen LogP contribution in [0, 0.1) is 5.92 Å². The summed E-state index contributed by atoms with van der Waals surface area (Å²) < 4.78 is 0. The first-order chi connectivity index (χ1) is 3.55. The van der Waals surface area contributed by atoms with Crippen LogP contribution in [0.3, 0.4) is 0 Å². The van der Waals surface area contributed by atoms with Gasteiger partial charge in [0.1, 0.15) is 0 Å². The van der Waals surface area contributed by atoms with Crippen LogP contribution in [0.5, 0.6) is 0 Å². The van der Waals surface area contributed by atoms with Crippen LogP contribution >= 0.6 is 0 Å². The topological polar surface area (TPSA) is 43.1 Å². The van der Waals surface area contributed by atoms with E-state index in [2.05, 4.69) is 0 Å². The third-order valence-electron chi connectivity index (χ3n) is 1.02. The lowest BCUT2D eigenvalue weighted by atomic mass is 10.0. The molecule has 2 heteroatoms. The van der Waals surface area contributed by atoms with E-state index >= 15 is 0 Å². The van der Waals surface area contributed by atoms with Crippen LogP contribution in [-0.4, -0.2) is 11.8 Å². The zero-order chi connectivity index (χ0) is 6.73. The van der Waals surface area contributed by atoms with Gasteiger partial charge in [-0.05, 0) is 6.92 Å².